The van der Waals surface area contributed by atoms with Gasteiger partial charge in [-0.1, -0.05) is 12.2 Å². The third kappa shape index (κ3) is 4.43. The molecule has 4 heteroatoms. The van der Waals surface area contributed by atoms with Crippen molar-refractivity contribution in [2.24, 2.45) is 0 Å². The van der Waals surface area contributed by atoms with Crippen LogP contribution < -0.4 is 19.3 Å². The molecular formula is C30H40N2O2. The van der Waals surface area contributed by atoms with Gasteiger partial charge in [-0.15, -0.1) is 0 Å². The molecule has 2 heterocycles. The van der Waals surface area contributed by atoms with Gasteiger partial charge >= 0.3 is 0 Å². The number of rotatable bonds is 7. The molecule has 2 aliphatic rings. The minimum absolute atomic E-state index is 0.0719. The minimum atomic E-state index is -0.0719. The van der Waals surface area contributed by atoms with Crippen molar-refractivity contribution in [1.82, 2.24) is 0 Å². The molecule has 0 fully saturated rings. The van der Waals surface area contributed by atoms with Crippen LogP contribution in [0.5, 0.6) is 11.5 Å². The molecule has 2 aromatic rings. The van der Waals surface area contributed by atoms with Crippen LogP contribution in [0.1, 0.15) is 66.5 Å². The largest absolute Gasteiger partial charge is 0.494 e. The first kappa shape index (κ1) is 24.3. The molecule has 4 rings (SSSR count). The van der Waals surface area contributed by atoms with E-state index in [1.54, 1.807) is 0 Å². The molecule has 0 aromatic heterocycles. The van der Waals surface area contributed by atoms with Gasteiger partial charge < -0.3 is 19.3 Å². The van der Waals surface area contributed by atoms with Crippen molar-refractivity contribution in [3.8, 4) is 11.5 Å². The molecule has 2 aliphatic heterocycles. The van der Waals surface area contributed by atoms with Gasteiger partial charge in [-0.25, -0.2) is 0 Å². The first-order chi connectivity index (χ1) is 16.1. The number of allylic oxidation sites excluding steroid dienone is 2. The molecule has 0 aliphatic carbocycles. The molecule has 34 heavy (non-hydrogen) atoms. The number of anilines is 2. The van der Waals surface area contributed by atoms with Crippen molar-refractivity contribution in [2.75, 3.05) is 36.1 Å². The zero-order chi connectivity index (χ0) is 24.7. The van der Waals surface area contributed by atoms with E-state index >= 15 is 0 Å². The highest BCUT2D eigenvalue weighted by molar-refractivity contribution is 5.83. The van der Waals surface area contributed by atoms with Gasteiger partial charge in [-0.3, -0.25) is 0 Å². The van der Waals surface area contributed by atoms with Gasteiger partial charge in [0.1, 0.15) is 11.5 Å². The maximum Gasteiger partial charge on any atom is 0.120 e. The second-order valence-corrected chi connectivity index (χ2v) is 10.5. The Morgan fingerprint density at radius 1 is 0.647 bits per heavy atom. The summed E-state index contributed by atoms with van der Waals surface area (Å²) in [6.07, 6.45) is 4.78. The Morgan fingerprint density at radius 3 is 1.38 bits per heavy atom. The van der Waals surface area contributed by atoms with E-state index in [9.17, 15) is 0 Å². The summed E-state index contributed by atoms with van der Waals surface area (Å²) in [7, 11) is 0. The molecule has 0 saturated carbocycles. The lowest BCUT2D eigenvalue weighted by atomic mass is 9.87. The first-order valence-corrected chi connectivity index (χ1v) is 12.6. The van der Waals surface area contributed by atoms with Crippen LogP contribution in [0, 0.1) is 0 Å². The lowest BCUT2D eigenvalue weighted by molar-refractivity contribution is 0.340. The number of nitrogens with zero attached hydrogens (tertiary/aromatic N) is 2. The second-order valence-electron chi connectivity index (χ2n) is 10.5. The average molecular weight is 461 g/mol. The summed E-state index contributed by atoms with van der Waals surface area (Å²) in [6.45, 7) is 20.9. The number of fused-ring (bicyclic) bond motifs is 2. The van der Waals surface area contributed by atoms with Gasteiger partial charge in [0.15, 0.2) is 0 Å². The van der Waals surface area contributed by atoms with Crippen molar-refractivity contribution < 1.29 is 9.47 Å². The molecule has 2 aromatic carbocycles. The summed E-state index contributed by atoms with van der Waals surface area (Å²) in [5, 5.41) is 0. The number of hydrogen-bond donors (Lipinski definition) is 0. The van der Waals surface area contributed by atoms with Crippen LogP contribution in [0.3, 0.4) is 0 Å². The molecule has 182 valence electrons. The Labute approximate surface area is 205 Å². The third-order valence-corrected chi connectivity index (χ3v) is 7.07. The smallest absolute Gasteiger partial charge is 0.120 e. The van der Waals surface area contributed by atoms with Crippen molar-refractivity contribution in [2.45, 2.75) is 66.5 Å². The zero-order valence-corrected chi connectivity index (χ0v) is 22.2. The summed E-state index contributed by atoms with van der Waals surface area (Å²) in [6, 6.07) is 13.0. The normalized spacial score (nSPS) is 18.0. The van der Waals surface area contributed by atoms with Gasteiger partial charge in [-0.2, -0.15) is 0 Å². The third-order valence-electron chi connectivity index (χ3n) is 7.07. The molecule has 0 bridgehead atoms. The minimum Gasteiger partial charge on any atom is -0.494 e. The van der Waals surface area contributed by atoms with Crippen LogP contribution in [-0.4, -0.2) is 37.4 Å². The summed E-state index contributed by atoms with van der Waals surface area (Å²) in [5.74, 6) is 1.87. The fourth-order valence-electron chi connectivity index (χ4n) is 5.65. The van der Waals surface area contributed by atoms with Crippen LogP contribution in [-0.2, 0) is 0 Å². The molecule has 0 saturated heterocycles. The number of hydrogen-bond acceptors (Lipinski definition) is 4. The maximum absolute atomic E-state index is 5.80. The van der Waals surface area contributed by atoms with E-state index in [0.717, 1.165) is 24.6 Å². The van der Waals surface area contributed by atoms with E-state index in [4.69, 9.17) is 9.47 Å². The van der Waals surface area contributed by atoms with E-state index in [1.807, 2.05) is 13.8 Å². The molecule has 0 N–H and O–H groups in total. The van der Waals surface area contributed by atoms with Gasteiger partial charge in [0.05, 0.1) is 24.3 Å². The van der Waals surface area contributed by atoms with Crippen molar-refractivity contribution in [3.63, 3.8) is 0 Å². The van der Waals surface area contributed by atoms with Gasteiger partial charge in [-0.05, 0) is 103 Å². The summed E-state index contributed by atoms with van der Waals surface area (Å²) in [4.78, 5) is 5.08. The molecular weight excluding hydrogens is 420 g/mol. The van der Waals surface area contributed by atoms with E-state index in [1.165, 1.54) is 33.6 Å². The predicted molar refractivity (Wildman–Crippen MR) is 145 cm³/mol. The van der Waals surface area contributed by atoms with Gasteiger partial charge in [0.2, 0.25) is 0 Å². The molecule has 0 unspecified atom stereocenters. The Morgan fingerprint density at radius 2 is 1.03 bits per heavy atom. The monoisotopic (exact) mass is 460 g/mol. The first-order valence-electron chi connectivity index (χ1n) is 12.6. The Kier molecular flexibility index (Phi) is 6.46. The zero-order valence-electron chi connectivity index (χ0n) is 22.2. The molecule has 4 nitrogen and oxygen atoms in total. The molecule has 0 spiro atoms. The Bertz CT molecular complexity index is 1040. The van der Waals surface area contributed by atoms with E-state index in [-0.39, 0.29) is 11.1 Å². The number of benzene rings is 2. The highest BCUT2D eigenvalue weighted by Crippen LogP contribution is 2.43. The highest BCUT2D eigenvalue weighted by atomic mass is 16.5. The summed E-state index contributed by atoms with van der Waals surface area (Å²) in [5.41, 5.74) is 7.56. The Balaban J connectivity index is 1.66. The molecule has 0 radical (unpaired) electrons. The van der Waals surface area contributed by atoms with Gasteiger partial charge in [0.25, 0.3) is 0 Å². The standard InChI is InChI=1S/C30H40N2O2/c1-9-33-23-11-13-27-25(17-23)21(3)19-29(5,6)31(27)15-16-32-28-14-12-24(34-10-2)18-26(28)22(4)20-30(32,7)8/h11-14,17-20H,9-10,15-16H2,1-8H3. The van der Waals surface area contributed by atoms with Crippen molar-refractivity contribution >= 4 is 22.5 Å². The average Bonchev–Trinajstić information content (AvgIpc) is 2.75. The lowest BCUT2D eigenvalue weighted by Gasteiger charge is -2.48. The van der Waals surface area contributed by atoms with Crippen LogP contribution in [0.4, 0.5) is 11.4 Å². The number of ether oxygens (including phenoxy) is 2. The van der Waals surface area contributed by atoms with Crippen LogP contribution in [0.15, 0.2) is 48.6 Å². The SMILES string of the molecule is CCOc1ccc2c(c1)C(C)=CC(C)(C)N2CCN1c2ccc(OCC)cc2C(C)=CC1(C)C. The molecule has 0 atom stereocenters. The lowest BCUT2D eigenvalue weighted by Crippen LogP contribution is -2.52. The summed E-state index contributed by atoms with van der Waals surface area (Å²) < 4.78 is 11.6. The summed E-state index contributed by atoms with van der Waals surface area (Å²) >= 11 is 0. The van der Waals surface area contributed by atoms with Crippen LogP contribution in [0.25, 0.3) is 11.1 Å². The van der Waals surface area contributed by atoms with Crippen molar-refractivity contribution in [3.05, 3.63) is 59.7 Å². The molecule has 0 amide bonds. The van der Waals surface area contributed by atoms with Gasteiger partial charge in [0, 0.05) is 35.6 Å². The van der Waals surface area contributed by atoms with E-state index in [0.29, 0.717) is 13.2 Å². The van der Waals surface area contributed by atoms with Crippen LogP contribution >= 0.6 is 0 Å². The fraction of sp³-hybridized carbons (Fsp3) is 0.467. The van der Waals surface area contributed by atoms with E-state index < -0.39 is 0 Å². The predicted octanol–water partition coefficient (Wildman–Crippen LogP) is 7.19. The second kappa shape index (κ2) is 9.05. The van der Waals surface area contributed by atoms with Crippen molar-refractivity contribution in [1.29, 1.82) is 0 Å². The highest BCUT2D eigenvalue weighted by Gasteiger charge is 2.35. The van der Waals surface area contributed by atoms with E-state index in [2.05, 4.69) is 99.9 Å². The maximum atomic E-state index is 5.80. The Hall–Kier alpha value is -2.88. The quantitative estimate of drug-likeness (QED) is 0.437. The topological polar surface area (TPSA) is 24.9 Å². The van der Waals surface area contributed by atoms with Crippen LogP contribution in [0.2, 0.25) is 0 Å². The fourth-order valence-corrected chi connectivity index (χ4v) is 5.65.